The smallest absolute Gasteiger partial charge is 0.0172 e. The Labute approximate surface area is 57.3 Å². The number of rotatable bonds is 0. The van der Waals surface area contributed by atoms with Gasteiger partial charge in [0.2, 0.25) is 0 Å². The van der Waals surface area contributed by atoms with E-state index in [4.69, 9.17) is 14.1 Å². The van der Waals surface area contributed by atoms with Crippen molar-refractivity contribution in [3.8, 4) is 0 Å². The minimum absolute atomic E-state index is 0. The monoisotopic (exact) mass is 184 g/mol. The highest BCUT2D eigenvalue weighted by Gasteiger charge is 1.29. The zero-order valence-electron chi connectivity index (χ0n) is 4.72. The van der Waals surface area contributed by atoms with Gasteiger partial charge in [-0.15, -0.1) is 0 Å². The molecule has 10 heavy (non-hydrogen) atoms. The van der Waals surface area contributed by atoms with Gasteiger partial charge < -0.3 is 46.9 Å². The fourth-order valence-electron chi connectivity index (χ4n) is 0. The summed E-state index contributed by atoms with van der Waals surface area (Å²) >= 11 is 0. The molecule has 9 nitrogen and oxygen atoms in total. The molecule has 0 aromatic rings. The lowest BCUT2D eigenvalue weighted by atomic mass is 15.8. The second kappa shape index (κ2) is 80.7. The van der Waals surface area contributed by atoms with Crippen LogP contribution in [-0.2, 0) is 4.46 Å². The summed E-state index contributed by atoms with van der Waals surface area (Å²) in [4.78, 5) is 17.0. The van der Waals surface area contributed by atoms with Crippen molar-refractivity contribution in [1.29, 1.82) is 0 Å². The van der Waals surface area contributed by atoms with Crippen LogP contribution in [0.25, 0.3) is 0 Å². The second-order valence-electron chi connectivity index (χ2n) is 0.250. The molecular formula is H12O9Si-2. The highest BCUT2D eigenvalue weighted by atomic mass is 28.3. The first-order valence-electron chi connectivity index (χ1n) is 0.612. The minimum Gasteiger partial charge on any atom is -0.672 e. The summed E-state index contributed by atoms with van der Waals surface area (Å²) in [5.74, 6) is 0. The molecule has 0 unspecified atom stereocenters. The Kier molecular flexibility index (Phi) is 940. The van der Waals surface area contributed by atoms with Gasteiger partial charge in [-0.25, -0.2) is 0 Å². The lowest BCUT2D eigenvalue weighted by Gasteiger charge is -1.94. The minimum atomic E-state index is -3.63. The predicted molar refractivity (Wildman–Crippen MR) is 28.1 cm³/mol. The third-order valence-corrected chi connectivity index (χ3v) is 0. The predicted octanol–water partition coefficient (Wildman–Crippen LogP) is -7.83. The topological polar surface area (TPSA) is 252 Å². The zero-order chi connectivity index (χ0) is 3.58. The molecular weight excluding hydrogens is 172 g/mol. The Morgan fingerprint density at radius 2 is 0.700 bits per heavy atom. The Morgan fingerprint density at radius 1 is 0.700 bits per heavy atom. The van der Waals surface area contributed by atoms with Crippen LogP contribution >= 0.6 is 0 Å². The Bertz CT molecular complexity index is 27.7. The van der Waals surface area contributed by atoms with Gasteiger partial charge in [0.05, 0.1) is 0 Å². The Hall–Kier alpha value is -0.623. The summed E-state index contributed by atoms with van der Waals surface area (Å²) < 4.78 is 8.52. The molecule has 0 aromatic carbocycles. The molecule has 0 spiro atoms. The van der Waals surface area contributed by atoms with E-state index in [-0.39, 0.29) is 32.9 Å². The van der Waals surface area contributed by atoms with Crippen molar-refractivity contribution in [2.75, 3.05) is 0 Å². The van der Waals surface area contributed by atoms with E-state index in [0.717, 1.165) is 0 Å². The van der Waals surface area contributed by atoms with E-state index < -0.39 is 9.17 Å². The molecule has 0 atom stereocenters. The average molecular weight is 184 g/mol. The molecule has 0 heterocycles. The summed E-state index contributed by atoms with van der Waals surface area (Å²) in [6, 6.07) is 0. The van der Waals surface area contributed by atoms with E-state index in [1.54, 1.807) is 0 Å². The summed E-state index contributed by atoms with van der Waals surface area (Å²) in [5.41, 5.74) is 0. The quantitative estimate of drug-likeness (QED) is 0.332. The lowest BCUT2D eigenvalue weighted by Crippen LogP contribution is -2.34. The van der Waals surface area contributed by atoms with E-state index >= 15 is 0 Å². The Morgan fingerprint density at radius 3 is 0.700 bits per heavy atom. The van der Waals surface area contributed by atoms with Gasteiger partial charge in [0.15, 0.2) is 0 Å². The molecule has 12 N–H and O–H groups in total. The molecule has 0 aromatic heterocycles. The average Bonchev–Trinajstić information content (AvgIpc) is 0.811. The van der Waals surface area contributed by atoms with E-state index in [1.807, 2.05) is 0 Å². The highest BCUT2D eigenvalue weighted by molar-refractivity contribution is 6.17. The molecule has 0 saturated carbocycles. The largest absolute Gasteiger partial charge is 0.672 e. The molecule has 0 aliphatic carbocycles. The van der Waals surface area contributed by atoms with Crippen molar-refractivity contribution in [3.05, 3.63) is 0 Å². The molecule has 0 radical (unpaired) electrons. The van der Waals surface area contributed by atoms with Crippen LogP contribution < -0.4 is 9.59 Å². The van der Waals surface area contributed by atoms with Gasteiger partial charge in [-0.2, -0.15) is 0 Å². The van der Waals surface area contributed by atoms with Crippen molar-refractivity contribution >= 4 is 9.17 Å². The molecule has 10 heteroatoms. The van der Waals surface area contributed by atoms with Crippen LogP contribution in [0.15, 0.2) is 0 Å². The van der Waals surface area contributed by atoms with Gasteiger partial charge in [0, 0.05) is 9.17 Å². The van der Waals surface area contributed by atoms with E-state index in [9.17, 15) is 0 Å². The van der Waals surface area contributed by atoms with Crippen molar-refractivity contribution in [3.63, 3.8) is 0 Å². The molecule has 72 valence electrons. The fourth-order valence-corrected chi connectivity index (χ4v) is 0. The third kappa shape index (κ3) is 773. The third-order valence-electron chi connectivity index (χ3n) is 0. The van der Waals surface area contributed by atoms with Crippen LogP contribution in [0.5, 0.6) is 0 Å². The van der Waals surface area contributed by atoms with Crippen LogP contribution in [0.2, 0.25) is 0 Å². The maximum atomic E-state index is 8.52. The first kappa shape index (κ1) is 116. The molecule has 0 aliphatic rings. The van der Waals surface area contributed by atoms with Crippen LogP contribution in [0.1, 0.15) is 0 Å². The van der Waals surface area contributed by atoms with Crippen LogP contribution in [0.4, 0.5) is 0 Å². The molecule has 0 amide bonds. The van der Waals surface area contributed by atoms with Crippen molar-refractivity contribution in [2.45, 2.75) is 0 Å². The van der Waals surface area contributed by atoms with Crippen molar-refractivity contribution < 1.29 is 46.9 Å². The van der Waals surface area contributed by atoms with Crippen LogP contribution in [0.3, 0.4) is 0 Å². The van der Waals surface area contributed by atoms with E-state index in [1.165, 1.54) is 0 Å². The first-order valence-corrected chi connectivity index (χ1v) is 1.84. The van der Waals surface area contributed by atoms with E-state index in [0.29, 0.717) is 0 Å². The summed E-state index contributed by atoms with van der Waals surface area (Å²) in [6.07, 6.45) is 0. The number of hydrogen-bond donors (Lipinski definition) is 0. The molecule has 0 bridgehead atoms. The van der Waals surface area contributed by atoms with Gasteiger partial charge in [-0.3, -0.25) is 0 Å². The summed E-state index contributed by atoms with van der Waals surface area (Å²) in [6.45, 7) is 0. The van der Waals surface area contributed by atoms with Gasteiger partial charge in [-0.1, -0.05) is 0 Å². The summed E-state index contributed by atoms with van der Waals surface area (Å²) in [5, 5.41) is 0. The highest BCUT2D eigenvalue weighted by Crippen LogP contribution is 0.990. The zero-order valence-corrected chi connectivity index (χ0v) is 5.72. The van der Waals surface area contributed by atoms with Gasteiger partial charge in [0.25, 0.3) is 0 Å². The normalized spacial score (nSPS) is 2.40. The molecule has 0 fully saturated rings. The second-order valence-corrected chi connectivity index (χ2v) is 0.750. The first-order chi connectivity index (χ1) is 1.73. The van der Waals surface area contributed by atoms with Crippen LogP contribution in [0, 0.1) is 0 Å². The maximum Gasteiger partial charge on any atom is 0.0172 e. The lowest BCUT2D eigenvalue weighted by molar-refractivity contribution is -0.354. The fraction of sp³-hybridized carbons (Fsp3) is 0. The van der Waals surface area contributed by atoms with Gasteiger partial charge in [0.1, 0.15) is 0 Å². The molecule has 0 aliphatic heterocycles. The van der Waals surface area contributed by atoms with Crippen molar-refractivity contribution in [2.24, 2.45) is 0 Å². The maximum absolute atomic E-state index is 8.52. The molecule has 0 rings (SSSR count). The van der Waals surface area contributed by atoms with E-state index in [2.05, 4.69) is 0 Å². The molecule has 0 saturated heterocycles. The SMILES string of the molecule is O.O.O.O.O.O.O=[Si]([O-])[O-]. The van der Waals surface area contributed by atoms with Crippen molar-refractivity contribution in [1.82, 2.24) is 0 Å². The standard InChI is InChI=1S/O3Si.6H2O/c1-4(2)3;;;;;;/h;6*1H2/q-2;;;;;;. The van der Waals surface area contributed by atoms with Crippen LogP contribution in [-0.4, -0.2) is 42.0 Å². The Balaban J connectivity index is -0.00000000300. The van der Waals surface area contributed by atoms with Gasteiger partial charge in [-0.05, 0) is 0 Å². The van der Waals surface area contributed by atoms with Gasteiger partial charge >= 0.3 is 0 Å². The number of hydrogen-bond acceptors (Lipinski definition) is 3. The summed E-state index contributed by atoms with van der Waals surface area (Å²) in [7, 11) is -3.63.